The fourth-order valence-electron chi connectivity index (χ4n) is 2.35. The monoisotopic (exact) mass is 225 g/mol. The Bertz CT molecular complexity index is 311. The maximum Gasteiger partial charge on any atom is 0.139 e. The molecule has 1 saturated carbocycles. The molecule has 15 heavy (non-hydrogen) atoms. The maximum absolute atomic E-state index is 5.60. The molecule has 1 fully saturated rings. The molecule has 1 heterocycles. The molecular weight excluding hydrogens is 206 g/mol. The second kappa shape index (κ2) is 4.84. The van der Waals surface area contributed by atoms with Gasteiger partial charge in [0.05, 0.1) is 0 Å². The van der Waals surface area contributed by atoms with Crippen LogP contribution >= 0.6 is 11.5 Å². The molecule has 3 N–H and O–H groups in total. The van der Waals surface area contributed by atoms with E-state index in [1.165, 1.54) is 43.6 Å². The Morgan fingerprint density at radius 2 is 2.47 bits per heavy atom. The molecule has 1 aliphatic carbocycles. The molecule has 0 bridgehead atoms. The lowest BCUT2D eigenvalue weighted by molar-refractivity contribution is 0.327. The zero-order chi connectivity index (χ0) is 10.7. The molecule has 0 spiro atoms. The highest BCUT2D eigenvalue weighted by Crippen LogP contribution is 2.29. The Labute approximate surface area is 95.2 Å². The van der Waals surface area contributed by atoms with Gasteiger partial charge in [0, 0.05) is 12.1 Å². The number of hydrogen-bond donors (Lipinski definition) is 2. The van der Waals surface area contributed by atoms with Gasteiger partial charge in [-0.05, 0) is 30.3 Å². The lowest BCUT2D eigenvalue weighted by Crippen LogP contribution is -2.26. The molecule has 1 aromatic heterocycles. The number of nitrogens with two attached hydrogens (primary N) is 1. The average molecular weight is 225 g/mol. The highest BCUT2D eigenvalue weighted by Gasteiger charge is 2.20. The quantitative estimate of drug-likeness (QED) is 0.831. The topological polar surface area (TPSA) is 50.9 Å². The van der Waals surface area contributed by atoms with E-state index in [-0.39, 0.29) is 0 Å². The smallest absolute Gasteiger partial charge is 0.139 e. The van der Waals surface area contributed by atoms with E-state index in [0.29, 0.717) is 11.9 Å². The number of hydrogen-bond acceptors (Lipinski definition) is 4. The first-order valence-electron chi connectivity index (χ1n) is 5.76. The largest absolute Gasteiger partial charge is 0.383 e. The second-order valence-corrected chi connectivity index (χ2v) is 5.20. The van der Waals surface area contributed by atoms with Crippen molar-refractivity contribution in [2.75, 3.05) is 11.1 Å². The van der Waals surface area contributed by atoms with Gasteiger partial charge in [0.1, 0.15) is 10.8 Å². The number of rotatable bonds is 3. The molecule has 1 aromatic rings. The lowest BCUT2D eigenvalue weighted by atomic mass is 9.84. The van der Waals surface area contributed by atoms with Crippen LogP contribution in [0, 0.1) is 5.92 Å². The van der Waals surface area contributed by atoms with Gasteiger partial charge in [0.25, 0.3) is 0 Å². The Morgan fingerprint density at radius 3 is 3.13 bits per heavy atom. The summed E-state index contributed by atoms with van der Waals surface area (Å²) in [5, 5.41) is 4.66. The minimum Gasteiger partial charge on any atom is -0.383 e. The van der Waals surface area contributed by atoms with Crippen molar-refractivity contribution in [3.63, 3.8) is 0 Å². The minimum atomic E-state index is 0.628. The van der Waals surface area contributed by atoms with Gasteiger partial charge in [-0.25, -0.2) is 0 Å². The summed E-state index contributed by atoms with van der Waals surface area (Å²) in [6.07, 6.45) is 6.65. The van der Waals surface area contributed by atoms with Crippen LogP contribution in [0.3, 0.4) is 0 Å². The van der Waals surface area contributed by atoms with Crippen LogP contribution in [0.4, 0.5) is 10.8 Å². The molecule has 0 amide bonds. The lowest BCUT2D eigenvalue weighted by Gasteiger charge is -2.29. The summed E-state index contributed by atoms with van der Waals surface area (Å²) in [5.74, 6) is 1.53. The molecule has 0 radical (unpaired) electrons. The summed E-state index contributed by atoms with van der Waals surface area (Å²) in [4.78, 5) is 0. The van der Waals surface area contributed by atoms with Crippen LogP contribution in [0.25, 0.3) is 0 Å². The minimum absolute atomic E-state index is 0.628. The molecule has 2 atom stereocenters. The summed E-state index contributed by atoms with van der Waals surface area (Å²) in [6, 6.07) is 2.56. The number of nitrogens with zero attached hydrogens (tertiary/aromatic N) is 1. The Morgan fingerprint density at radius 1 is 1.60 bits per heavy atom. The third kappa shape index (κ3) is 2.84. The van der Waals surface area contributed by atoms with Crippen molar-refractivity contribution in [3.05, 3.63) is 6.07 Å². The van der Waals surface area contributed by atoms with E-state index >= 15 is 0 Å². The van der Waals surface area contributed by atoms with Crippen LogP contribution in [-0.2, 0) is 0 Å². The van der Waals surface area contributed by atoms with Crippen molar-refractivity contribution in [3.8, 4) is 0 Å². The van der Waals surface area contributed by atoms with Crippen LogP contribution in [0.15, 0.2) is 6.07 Å². The van der Waals surface area contributed by atoms with E-state index in [2.05, 4.69) is 16.6 Å². The maximum atomic E-state index is 5.60. The van der Waals surface area contributed by atoms with Gasteiger partial charge in [-0.15, -0.1) is 0 Å². The van der Waals surface area contributed by atoms with Gasteiger partial charge in [-0.2, -0.15) is 4.37 Å². The molecule has 2 rings (SSSR count). The van der Waals surface area contributed by atoms with E-state index in [1.807, 2.05) is 6.07 Å². The Hall–Kier alpha value is -0.770. The standard InChI is InChI=1S/C11H19N3S/c1-2-8-4-3-5-9(6-8)13-11-7-10(12)14-15-11/h7-9,13H,2-6H2,1H3,(H2,12,14). The van der Waals surface area contributed by atoms with E-state index in [4.69, 9.17) is 5.73 Å². The molecule has 0 aromatic carbocycles. The van der Waals surface area contributed by atoms with E-state index < -0.39 is 0 Å². The summed E-state index contributed by atoms with van der Waals surface area (Å²) in [7, 11) is 0. The number of aromatic nitrogens is 1. The summed E-state index contributed by atoms with van der Waals surface area (Å²) in [6.45, 7) is 2.29. The molecule has 2 unspecified atom stereocenters. The zero-order valence-corrected chi connectivity index (χ0v) is 10.0. The van der Waals surface area contributed by atoms with Crippen molar-refractivity contribution in [2.45, 2.75) is 45.1 Å². The second-order valence-electron chi connectivity index (χ2n) is 4.40. The van der Waals surface area contributed by atoms with Crippen LogP contribution < -0.4 is 11.1 Å². The van der Waals surface area contributed by atoms with Gasteiger partial charge >= 0.3 is 0 Å². The first-order chi connectivity index (χ1) is 7.28. The fourth-order valence-corrected chi connectivity index (χ4v) is 3.00. The predicted molar refractivity (Wildman–Crippen MR) is 66.2 cm³/mol. The molecule has 84 valence electrons. The number of nitrogen functional groups attached to an aromatic ring is 1. The van der Waals surface area contributed by atoms with Gasteiger partial charge in [0.2, 0.25) is 0 Å². The van der Waals surface area contributed by atoms with Gasteiger partial charge < -0.3 is 11.1 Å². The van der Waals surface area contributed by atoms with E-state index in [9.17, 15) is 0 Å². The molecular formula is C11H19N3S. The molecule has 4 heteroatoms. The van der Waals surface area contributed by atoms with Crippen molar-refractivity contribution >= 4 is 22.4 Å². The van der Waals surface area contributed by atoms with E-state index in [0.717, 1.165) is 10.9 Å². The highest BCUT2D eigenvalue weighted by atomic mass is 32.1. The van der Waals surface area contributed by atoms with Crippen LogP contribution in [0.5, 0.6) is 0 Å². The van der Waals surface area contributed by atoms with Gasteiger partial charge in [-0.3, -0.25) is 0 Å². The predicted octanol–water partition coefficient (Wildman–Crippen LogP) is 3.11. The first kappa shape index (κ1) is 10.7. The summed E-state index contributed by atoms with van der Waals surface area (Å²) < 4.78 is 4.08. The fraction of sp³-hybridized carbons (Fsp3) is 0.727. The third-order valence-corrected chi connectivity index (χ3v) is 3.97. The average Bonchev–Trinajstić information content (AvgIpc) is 2.64. The van der Waals surface area contributed by atoms with Crippen LogP contribution in [0.2, 0.25) is 0 Å². The Kier molecular flexibility index (Phi) is 3.46. The van der Waals surface area contributed by atoms with Crippen LogP contribution in [0.1, 0.15) is 39.0 Å². The van der Waals surface area contributed by atoms with Crippen molar-refractivity contribution in [1.29, 1.82) is 0 Å². The van der Waals surface area contributed by atoms with Gasteiger partial charge in [0.15, 0.2) is 0 Å². The normalized spacial score (nSPS) is 26.5. The van der Waals surface area contributed by atoms with Gasteiger partial charge in [-0.1, -0.05) is 26.2 Å². The molecule has 1 aliphatic rings. The summed E-state index contributed by atoms with van der Waals surface area (Å²) in [5.41, 5.74) is 5.60. The van der Waals surface area contributed by atoms with Crippen molar-refractivity contribution < 1.29 is 0 Å². The number of anilines is 2. The highest BCUT2D eigenvalue weighted by molar-refractivity contribution is 7.10. The van der Waals surface area contributed by atoms with Crippen molar-refractivity contribution in [2.24, 2.45) is 5.92 Å². The van der Waals surface area contributed by atoms with E-state index in [1.54, 1.807) is 0 Å². The molecule has 3 nitrogen and oxygen atoms in total. The third-order valence-electron chi connectivity index (χ3n) is 3.23. The van der Waals surface area contributed by atoms with Crippen molar-refractivity contribution in [1.82, 2.24) is 4.37 Å². The SMILES string of the molecule is CCC1CCCC(Nc2cc(N)ns2)C1. The first-order valence-corrected chi connectivity index (χ1v) is 6.54. The summed E-state index contributed by atoms with van der Waals surface area (Å²) >= 11 is 1.47. The Balaban J connectivity index is 1.88. The molecule has 0 aliphatic heterocycles. The van der Waals surface area contributed by atoms with Crippen LogP contribution in [-0.4, -0.2) is 10.4 Å². The zero-order valence-electron chi connectivity index (χ0n) is 9.20. The molecule has 0 saturated heterocycles. The number of nitrogens with one attached hydrogen (secondary N) is 1.